The largest absolute Gasteiger partial charge is 0.354 e. The molecule has 0 spiro atoms. The summed E-state index contributed by atoms with van der Waals surface area (Å²) in [4.78, 5) is 12.5. The van der Waals surface area contributed by atoms with Crippen molar-refractivity contribution >= 4 is 5.91 Å². The van der Waals surface area contributed by atoms with Crippen LogP contribution in [-0.2, 0) is 4.79 Å². The summed E-state index contributed by atoms with van der Waals surface area (Å²) in [5.41, 5.74) is 1.35. The lowest BCUT2D eigenvalue weighted by Gasteiger charge is -2.39. The molecule has 1 aromatic carbocycles. The molecule has 3 heteroatoms. The predicted molar refractivity (Wildman–Crippen MR) is 87.3 cm³/mol. The van der Waals surface area contributed by atoms with Gasteiger partial charge in [0.25, 0.3) is 0 Å². The molecule has 116 valence electrons. The molecule has 0 saturated carbocycles. The Bertz CT molecular complexity index is 456. The zero-order valence-corrected chi connectivity index (χ0v) is 13.5. The normalized spacial score (nSPS) is 22.5. The Labute approximate surface area is 128 Å². The second kappa shape index (κ2) is 7.08. The molecule has 1 fully saturated rings. The minimum absolute atomic E-state index is 0.0436. The van der Waals surface area contributed by atoms with Gasteiger partial charge >= 0.3 is 0 Å². The number of carbonyl (C=O) groups is 1. The molecule has 1 aromatic rings. The number of rotatable bonds is 5. The topological polar surface area (TPSA) is 41.1 Å². The van der Waals surface area contributed by atoms with Crippen LogP contribution >= 0.6 is 0 Å². The van der Waals surface area contributed by atoms with Crippen LogP contribution in [0.25, 0.3) is 0 Å². The lowest BCUT2D eigenvalue weighted by atomic mass is 9.77. The molecule has 2 unspecified atom stereocenters. The van der Waals surface area contributed by atoms with Crippen molar-refractivity contribution in [3.05, 3.63) is 35.9 Å². The molecule has 1 heterocycles. The molecular weight excluding hydrogens is 260 g/mol. The van der Waals surface area contributed by atoms with Crippen molar-refractivity contribution in [1.29, 1.82) is 0 Å². The van der Waals surface area contributed by atoms with Crippen LogP contribution in [0.1, 0.15) is 51.5 Å². The van der Waals surface area contributed by atoms with Gasteiger partial charge in [0.15, 0.2) is 0 Å². The molecule has 1 amide bonds. The molecule has 3 nitrogen and oxygen atoms in total. The number of amides is 1. The van der Waals surface area contributed by atoms with Gasteiger partial charge in [0, 0.05) is 12.6 Å². The number of hydrogen-bond donors (Lipinski definition) is 2. The van der Waals surface area contributed by atoms with E-state index in [0.29, 0.717) is 6.04 Å². The quantitative estimate of drug-likeness (QED) is 0.874. The Morgan fingerprint density at radius 3 is 2.71 bits per heavy atom. The predicted octanol–water partition coefficient (Wildman–Crippen LogP) is 3.07. The molecule has 0 aliphatic carbocycles. The Hall–Kier alpha value is -1.35. The van der Waals surface area contributed by atoms with Gasteiger partial charge in [-0.1, -0.05) is 51.1 Å². The number of benzene rings is 1. The van der Waals surface area contributed by atoms with Crippen molar-refractivity contribution < 1.29 is 4.79 Å². The highest BCUT2D eigenvalue weighted by Crippen LogP contribution is 2.29. The fourth-order valence-corrected chi connectivity index (χ4v) is 3.20. The van der Waals surface area contributed by atoms with Gasteiger partial charge in [0.05, 0.1) is 5.92 Å². The first-order valence-corrected chi connectivity index (χ1v) is 8.10. The van der Waals surface area contributed by atoms with Crippen molar-refractivity contribution in [2.24, 2.45) is 5.41 Å². The van der Waals surface area contributed by atoms with E-state index in [1.54, 1.807) is 0 Å². The first-order valence-electron chi connectivity index (χ1n) is 8.10. The third-order valence-electron chi connectivity index (χ3n) is 4.74. The molecule has 1 saturated heterocycles. The summed E-state index contributed by atoms with van der Waals surface area (Å²) in [6, 6.07) is 10.4. The maximum Gasteiger partial charge on any atom is 0.227 e. The third kappa shape index (κ3) is 4.07. The fourth-order valence-electron chi connectivity index (χ4n) is 3.20. The highest BCUT2D eigenvalue weighted by Gasteiger charge is 2.32. The Balaban J connectivity index is 1.94. The maximum atomic E-state index is 12.5. The van der Waals surface area contributed by atoms with E-state index in [9.17, 15) is 4.79 Å². The van der Waals surface area contributed by atoms with Gasteiger partial charge < -0.3 is 10.6 Å². The van der Waals surface area contributed by atoms with Crippen molar-refractivity contribution in [3.8, 4) is 0 Å². The minimum atomic E-state index is -0.0436. The minimum Gasteiger partial charge on any atom is -0.354 e. The monoisotopic (exact) mass is 288 g/mol. The zero-order chi connectivity index (χ0) is 15.3. The highest BCUT2D eigenvalue weighted by molar-refractivity contribution is 5.83. The van der Waals surface area contributed by atoms with Crippen molar-refractivity contribution in [2.75, 3.05) is 13.1 Å². The summed E-state index contributed by atoms with van der Waals surface area (Å²) in [6.45, 7) is 8.41. The fraction of sp³-hybridized carbons (Fsp3) is 0.611. The van der Waals surface area contributed by atoms with Gasteiger partial charge in [-0.25, -0.2) is 0 Å². The van der Waals surface area contributed by atoms with E-state index >= 15 is 0 Å². The summed E-state index contributed by atoms with van der Waals surface area (Å²) < 4.78 is 0. The van der Waals surface area contributed by atoms with Gasteiger partial charge in [-0.05, 0) is 36.8 Å². The highest BCUT2D eigenvalue weighted by atomic mass is 16.1. The van der Waals surface area contributed by atoms with Crippen molar-refractivity contribution in [1.82, 2.24) is 10.6 Å². The van der Waals surface area contributed by atoms with Gasteiger partial charge in [-0.3, -0.25) is 4.79 Å². The summed E-state index contributed by atoms with van der Waals surface area (Å²) in [5, 5.41) is 6.70. The van der Waals surface area contributed by atoms with E-state index in [1.807, 2.05) is 30.3 Å². The standard InChI is InChI=1S/C18H28N2O/c1-4-15(14-9-6-5-7-10-14)17(21)20-13-16-18(2,3)11-8-12-19-16/h5-7,9-10,15-16,19H,4,8,11-13H2,1-3H3,(H,20,21). The van der Waals surface area contributed by atoms with E-state index in [0.717, 1.165) is 25.1 Å². The Kier molecular flexibility index (Phi) is 5.40. The molecule has 1 aliphatic heterocycles. The van der Waals surface area contributed by atoms with Gasteiger partial charge in [0.2, 0.25) is 5.91 Å². The van der Waals surface area contributed by atoms with Crippen LogP contribution < -0.4 is 10.6 Å². The molecule has 0 aromatic heterocycles. The van der Waals surface area contributed by atoms with E-state index < -0.39 is 0 Å². The van der Waals surface area contributed by atoms with Gasteiger partial charge in [-0.2, -0.15) is 0 Å². The molecule has 1 aliphatic rings. The van der Waals surface area contributed by atoms with Gasteiger partial charge in [0.1, 0.15) is 0 Å². The van der Waals surface area contributed by atoms with Gasteiger partial charge in [-0.15, -0.1) is 0 Å². The molecule has 0 radical (unpaired) electrons. The van der Waals surface area contributed by atoms with Crippen LogP contribution in [0, 0.1) is 5.41 Å². The lowest BCUT2D eigenvalue weighted by molar-refractivity contribution is -0.122. The van der Waals surface area contributed by atoms with Crippen LogP contribution in [0.4, 0.5) is 0 Å². The second-order valence-corrected chi connectivity index (χ2v) is 6.72. The molecular formula is C18H28N2O. The second-order valence-electron chi connectivity index (χ2n) is 6.72. The molecule has 0 bridgehead atoms. The van der Waals surface area contributed by atoms with Crippen LogP contribution in [-0.4, -0.2) is 25.0 Å². The summed E-state index contributed by atoms with van der Waals surface area (Å²) in [6.07, 6.45) is 3.27. The smallest absolute Gasteiger partial charge is 0.227 e. The maximum absolute atomic E-state index is 12.5. The van der Waals surface area contributed by atoms with E-state index in [4.69, 9.17) is 0 Å². The lowest BCUT2D eigenvalue weighted by Crippen LogP contribution is -2.53. The van der Waals surface area contributed by atoms with Crippen molar-refractivity contribution in [3.63, 3.8) is 0 Å². The number of piperidine rings is 1. The van der Waals surface area contributed by atoms with Crippen LogP contribution in [0.5, 0.6) is 0 Å². The summed E-state index contributed by atoms with van der Waals surface area (Å²) in [5.74, 6) is 0.102. The Morgan fingerprint density at radius 2 is 2.10 bits per heavy atom. The zero-order valence-electron chi connectivity index (χ0n) is 13.5. The van der Waals surface area contributed by atoms with E-state index in [2.05, 4.69) is 31.4 Å². The molecule has 2 rings (SSSR count). The average molecular weight is 288 g/mol. The first-order chi connectivity index (χ1) is 10.0. The molecule has 2 atom stereocenters. The molecule has 21 heavy (non-hydrogen) atoms. The summed E-state index contributed by atoms with van der Waals surface area (Å²) in [7, 11) is 0. The first kappa shape index (κ1) is 16.0. The van der Waals surface area contributed by atoms with Crippen molar-refractivity contribution in [2.45, 2.75) is 52.0 Å². The summed E-state index contributed by atoms with van der Waals surface area (Å²) >= 11 is 0. The average Bonchev–Trinajstić information content (AvgIpc) is 2.47. The SMILES string of the molecule is CCC(C(=O)NCC1NCCCC1(C)C)c1ccccc1. The molecule has 2 N–H and O–H groups in total. The van der Waals surface area contributed by atoms with E-state index in [-0.39, 0.29) is 17.2 Å². The number of hydrogen-bond acceptors (Lipinski definition) is 2. The van der Waals surface area contributed by atoms with E-state index in [1.165, 1.54) is 12.8 Å². The number of carbonyl (C=O) groups excluding carboxylic acids is 1. The Morgan fingerprint density at radius 1 is 1.38 bits per heavy atom. The third-order valence-corrected chi connectivity index (χ3v) is 4.74. The van der Waals surface area contributed by atoms with Crippen LogP contribution in [0.2, 0.25) is 0 Å². The number of nitrogens with one attached hydrogen (secondary N) is 2. The van der Waals surface area contributed by atoms with Crippen LogP contribution in [0.3, 0.4) is 0 Å². The van der Waals surface area contributed by atoms with Crippen LogP contribution in [0.15, 0.2) is 30.3 Å².